The number of hydrogen-bond donors (Lipinski definition) is 0. The van der Waals surface area contributed by atoms with Gasteiger partial charge in [-0.2, -0.15) is 0 Å². The van der Waals surface area contributed by atoms with Gasteiger partial charge in [0.1, 0.15) is 6.29 Å². The predicted molar refractivity (Wildman–Crippen MR) is 30.5 cm³/mol. The Morgan fingerprint density at radius 1 is 1.62 bits per heavy atom. The lowest BCUT2D eigenvalue weighted by Crippen LogP contribution is -1.97. The molecule has 2 atom stereocenters. The van der Waals surface area contributed by atoms with Crippen molar-refractivity contribution in [3.8, 4) is 0 Å². The van der Waals surface area contributed by atoms with Gasteiger partial charge < -0.3 is 4.79 Å². The molecule has 0 bridgehead atoms. The maximum Gasteiger partial charge on any atom is 0.126 e. The van der Waals surface area contributed by atoms with Crippen LogP contribution >= 0.6 is 0 Å². The predicted octanol–water partition coefficient (Wildman–Crippen LogP) is 1.38. The molecule has 0 aromatic heterocycles. The zero-order valence-electron chi connectivity index (χ0n) is 4.89. The minimum absolute atomic E-state index is 0.222. The molecule has 44 valence electrons. The molecule has 0 saturated heterocycles. The first-order valence-corrected chi connectivity index (χ1v) is 3.34. The molecule has 0 N–H and O–H groups in total. The fourth-order valence-electron chi connectivity index (χ4n) is 1.98. The molecule has 0 aromatic rings. The molecular formula is C7H10O. The van der Waals surface area contributed by atoms with E-state index in [1.807, 2.05) is 0 Å². The zero-order chi connectivity index (χ0) is 5.61. The monoisotopic (exact) mass is 110 g/mol. The highest BCUT2D eigenvalue weighted by Gasteiger charge is 2.56. The summed E-state index contributed by atoms with van der Waals surface area (Å²) in [4.78, 5) is 10.4. The molecule has 0 amide bonds. The summed E-state index contributed by atoms with van der Waals surface area (Å²) in [7, 11) is 0. The number of carbonyl (C=O) groups is 1. The maximum atomic E-state index is 10.4. The minimum atomic E-state index is 0.222. The number of hydrogen-bond acceptors (Lipinski definition) is 1. The normalized spacial score (nSPS) is 50.8. The van der Waals surface area contributed by atoms with Crippen LogP contribution in [0.15, 0.2) is 0 Å². The van der Waals surface area contributed by atoms with E-state index in [1.54, 1.807) is 0 Å². The van der Waals surface area contributed by atoms with Crippen molar-refractivity contribution in [1.82, 2.24) is 0 Å². The van der Waals surface area contributed by atoms with Crippen LogP contribution in [0.3, 0.4) is 0 Å². The fourth-order valence-corrected chi connectivity index (χ4v) is 1.98. The Hall–Kier alpha value is -0.330. The van der Waals surface area contributed by atoms with E-state index in [0.29, 0.717) is 0 Å². The molecule has 8 heavy (non-hydrogen) atoms. The second-order valence-corrected chi connectivity index (χ2v) is 3.14. The molecule has 0 spiro atoms. The smallest absolute Gasteiger partial charge is 0.126 e. The van der Waals surface area contributed by atoms with Crippen LogP contribution in [0, 0.1) is 11.3 Å². The molecule has 2 fully saturated rings. The Morgan fingerprint density at radius 3 is 2.75 bits per heavy atom. The quantitative estimate of drug-likeness (QED) is 0.466. The van der Waals surface area contributed by atoms with E-state index < -0.39 is 0 Å². The van der Waals surface area contributed by atoms with Crippen molar-refractivity contribution >= 4 is 6.29 Å². The van der Waals surface area contributed by atoms with E-state index >= 15 is 0 Å². The molecule has 0 heterocycles. The van der Waals surface area contributed by atoms with Crippen molar-refractivity contribution in [2.75, 3.05) is 0 Å². The Balaban J connectivity index is 2.18. The van der Waals surface area contributed by atoms with Gasteiger partial charge in [0.2, 0.25) is 0 Å². The van der Waals surface area contributed by atoms with E-state index in [1.165, 1.54) is 32.0 Å². The molecule has 0 aliphatic heterocycles. The zero-order valence-corrected chi connectivity index (χ0v) is 4.89. The number of carbonyl (C=O) groups excluding carboxylic acids is 1. The average molecular weight is 110 g/mol. The van der Waals surface area contributed by atoms with Gasteiger partial charge in [-0.05, 0) is 25.2 Å². The molecule has 1 heteroatoms. The maximum absolute atomic E-state index is 10.4. The summed E-state index contributed by atoms with van der Waals surface area (Å²) >= 11 is 0. The molecule has 2 saturated carbocycles. The van der Waals surface area contributed by atoms with Crippen LogP contribution in [0.1, 0.15) is 25.7 Å². The number of aldehydes is 1. The molecule has 2 aliphatic carbocycles. The van der Waals surface area contributed by atoms with Crippen LogP contribution < -0.4 is 0 Å². The lowest BCUT2D eigenvalue weighted by atomic mass is 10.1. The van der Waals surface area contributed by atoms with Gasteiger partial charge in [0.05, 0.1) is 0 Å². The topological polar surface area (TPSA) is 17.1 Å². The Bertz CT molecular complexity index is 130. The van der Waals surface area contributed by atoms with Crippen molar-refractivity contribution in [3.05, 3.63) is 0 Å². The first kappa shape index (κ1) is 4.54. The highest BCUT2D eigenvalue weighted by Crippen LogP contribution is 2.61. The summed E-state index contributed by atoms with van der Waals surface area (Å²) in [6, 6.07) is 0. The van der Waals surface area contributed by atoms with Crippen molar-refractivity contribution in [3.63, 3.8) is 0 Å². The van der Waals surface area contributed by atoms with Crippen molar-refractivity contribution in [1.29, 1.82) is 0 Å². The minimum Gasteiger partial charge on any atom is -0.303 e. The van der Waals surface area contributed by atoms with E-state index in [2.05, 4.69) is 0 Å². The summed E-state index contributed by atoms with van der Waals surface area (Å²) in [5.74, 6) is 0.806. The Morgan fingerprint density at radius 2 is 2.50 bits per heavy atom. The van der Waals surface area contributed by atoms with Gasteiger partial charge in [0.25, 0.3) is 0 Å². The standard InChI is InChI=1S/C7H10O/c8-5-7-3-1-2-6(7)4-7/h5-6H,1-4H2. The first-order valence-electron chi connectivity index (χ1n) is 3.34. The lowest BCUT2D eigenvalue weighted by Gasteiger charge is -1.95. The van der Waals surface area contributed by atoms with Crippen molar-refractivity contribution < 1.29 is 4.79 Å². The molecule has 2 unspecified atom stereocenters. The van der Waals surface area contributed by atoms with Gasteiger partial charge in [-0.25, -0.2) is 0 Å². The third-order valence-corrected chi connectivity index (χ3v) is 2.71. The molecule has 1 nitrogen and oxygen atoms in total. The number of rotatable bonds is 1. The molecular weight excluding hydrogens is 100 g/mol. The largest absolute Gasteiger partial charge is 0.303 e. The van der Waals surface area contributed by atoms with Crippen LogP contribution in [0.5, 0.6) is 0 Å². The molecule has 0 radical (unpaired) electrons. The second kappa shape index (κ2) is 1.15. The summed E-state index contributed by atoms with van der Waals surface area (Å²) in [6.07, 6.45) is 6.18. The van der Waals surface area contributed by atoms with Gasteiger partial charge in [0.15, 0.2) is 0 Å². The van der Waals surface area contributed by atoms with Crippen LogP contribution in [0.25, 0.3) is 0 Å². The Labute approximate surface area is 49.1 Å². The van der Waals surface area contributed by atoms with Gasteiger partial charge in [-0.3, -0.25) is 0 Å². The summed E-state index contributed by atoms with van der Waals surface area (Å²) in [5, 5.41) is 0. The lowest BCUT2D eigenvalue weighted by molar-refractivity contribution is -0.112. The SMILES string of the molecule is O=CC12CCCC1C2. The van der Waals surface area contributed by atoms with Gasteiger partial charge in [0, 0.05) is 5.41 Å². The van der Waals surface area contributed by atoms with Crippen LogP contribution in [0.2, 0.25) is 0 Å². The van der Waals surface area contributed by atoms with E-state index in [9.17, 15) is 4.79 Å². The molecule has 0 aromatic carbocycles. The van der Waals surface area contributed by atoms with Crippen LogP contribution in [0.4, 0.5) is 0 Å². The van der Waals surface area contributed by atoms with Gasteiger partial charge in [-0.1, -0.05) is 6.42 Å². The van der Waals surface area contributed by atoms with Gasteiger partial charge >= 0.3 is 0 Å². The molecule has 2 aliphatic rings. The summed E-state index contributed by atoms with van der Waals surface area (Å²) < 4.78 is 0. The summed E-state index contributed by atoms with van der Waals surface area (Å²) in [6.45, 7) is 0. The highest BCUT2D eigenvalue weighted by molar-refractivity contribution is 5.65. The average Bonchev–Trinajstić information content (AvgIpc) is 2.38. The van der Waals surface area contributed by atoms with E-state index in [4.69, 9.17) is 0 Å². The number of fused-ring (bicyclic) bond motifs is 1. The van der Waals surface area contributed by atoms with Gasteiger partial charge in [-0.15, -0.1) is 0 Å². The third kappa shape index (κ3) is 0.355. The van der Waals surface area contributed by atoms with Crippen molar-refractivity contribution in [2.24, 2.45) is 11.3 Å². The van der Waals surface area contributed by atoms with Crippen LogP contribution in [-0.2, 0) is 4.79 Å². The summed E-state index contributed by atoms with van der Waals surface area (Å²) in [5.41, 5.74) is 0.222. The molecule has 2 rings (SSSR count). The Kier molecular flexibility index (Phi) is 0.651. The fraction of sp³-hybridized carbons (Fsp3) is 0.857. The van der Waals surface area contributed by atoms with Crippen molar-refractivity contribution in [2.45, 2.75) is 25.7 Å². The second-order valence-electron chi connectivity index (χ2n) is 3.14. The van der Waals surface area contributed by atoms with E-state index in [-0.39, 0.29) is 5.41 Å². The third-order valence-electron chi connectivity index (χ3n) is 2.71. The first-order chi connectivity index (χ1) is 3.87. The van der Waals surface area contributed by atoms with E-state index in [0.717, 1.165) is 5.92 Å². The highest BCUT2D eigenvalue weighted by atomic mass is 16.1. The van der Waals surface area contributed by atoms with Crippen LogP contribution in [-0.4, -0.2) is 6.29 Å².